The standard InChI is InChI=1S/C42H32NO.C15H18GeN.Ir/c1-42(2,3)29-25-34(27-15-6-4-7-16-27)38(35(26-29)28-17-8-5-9-18-28)39-32-20-10-12-23-36(32)43-40(39)33-22-14-21-31-30-19-11-13-24-37(30)44-41(31)33;1-12-5-7-13(8-6-12)15-10-9-14(11-17-15)16(2,3)4;/h4-21,23-26,39H,1-3H3;5-7,9-11H,1-4H3;/q2*-1;/i;1D3;. The molecule has 10 rings (SSSR count). The van der Waals surface area contributed by atoms with Gasteiger partial charge in [0.25, 0.3) is 0 Å². The van der Waals surface area contributed by atoms with E-state index in [4.69, 9.17) is 13.5 Å². The number of nitrogens with zero attached hydrogens (tertiary/aromatic N) is 2. The van der Waals surface area contributed by atoms with Crippen molar-refractivity contribution in [3.63, 3.8) is 0 Å². The molecular formula is C57H50GeIrN2O-2. The summed E-state index contributed by atoms with van der Waals surface area (Å²) in [5.74, 6) is 6.86. The van der Waals surface area contributed by atoms with E-state index >= 15 is 0 Å². The molecule has 0 N–H and O–H groups in total. The van der Waals surface area contributed by atoms with Gasteiger partial charge in [-0.2, -0.15) is 0 Å². The Morgan fingerprint density at radius 3 is 1.97 bits per heavy atom. The fourth-order valence-corrected chi connectivity index (χ4v) is 10.4. The van der Waals surface area contributed by atoms with Crippen LogP contribution in [0.4, 0.5) is 5.69 Å². The van der Waals surface area contributed by atoms with Crippen LogP contribution in [0.2, 0.25) is 17.3 Å². The number of aryl methyl sites for hydroxylation is 1. The van der Waals surface area contributed by atoms with Crippen molar-refractivity contribution < 1.29 is 28.6 Å². The van der Waals surface area contributed by atoms with E-state index in [0.717, 1.165) is 50.2 Å². The second-order valence-corrected chi connectivity index (χ2v) is 28.5. The number of furan rings is 1. The molecule has 3 heterocycles. The molecule has 1 atom stereocenters. The van der Waals surface area contributed by atoms with E-state index in [1.807, 2.05) is 30.5 Å². The Balaban J connectivity index is 0.000000232. The molecule has 1 aliphatic rings. The molecule has 62 heavy (non-hydrogen) atoms. The summed E-state index contributed by atoms with van der Waals surface area (Å²) < 4.78 is 30.0. The summed E-state index contributed by atoms with van der Waals surface area (Å²) in [5, 5.41) is 2.19. The van der Waals surface area contributed by atoms with E-state index in [0.29, 0.717) is 5.56 Å². The molecule has 309 valence electrons. The van der Waals surface area contributed by atoms with E-state index in [-0.39, 0.29) is 31.4 Å². The number of aliphatic imine (C=N–C) groups is 1. The number of benzene rings is 7. The number of pyridine rings is 1. The summed E-state index contributed by atoms with van der Waals surface area (Å²) in [6.07, 6.45) is 1.95. The third-order valence-electron chi connectivity index (χ3n) is 11.6. The first-order valence-corrected chi connectivity index (χ1v) is 28.3. The van der Waals surface area contributed by atoms with Gasteiger partial charge in [0.1, 0.15) is 5.58 Å². The summed E-state index contributed by atoms with van der Waals surface area (Å²) in [5.41, 5.74) is 15.1. The van der Waals surface area contributed by atoms with Gasteiger partial charge in [0.15, 0.2) is 0 Å². The van der Waals surface area contributed by atoms with Crippen LogP contribution >= 0.6 is 0 Å². The molecule has 3 nitrogen and oxygen atoms in total. The largest absolute Gasteiger partial charge is 0 e. The van der Waals surface area contributed by atoms with Crippen LogP contribution in [0.1, 0.15) is 58.6 Å². The van der Waals surface area contributed by atoms with Crippen LogP contribution in [0.15, 0.2) is 179 Å². The maximum absolute atomic E-state index is 7.35. The molecule has 0 spiro atoms. The number of fused-ring (bicyclic) bond motifs is 4. The van der Waals surface area contributed by atoms with Crippen molar-refractivity contribution in [2.24, 2.45) is 4.99 Å². The maximum Gasteiger partial charge on any atom is 0 e. The summed E-state index contributed by atoms with van der Waals surface area (Å²) in [6, 6.07) is 63.0. The van der Waals surface area contributed by atoms with Crippen LogP contribution in [0.5, 0.6) is 0 Å². The Morgan fingerprint density at radius 1 is 0.694 bits per heavy atom. The van der Waals surface area contributed by atoms with Crippen molar-refractivity contribution in [3.05, 3.63) is 210 Å². The molecule has 0 fully saturated rings. The smallest absolute Gasteiger partial charge is 0 e. The van der Waals surface area contributed by atoms with Crippen molar-refractivity contribution in [1.82, 2.24) is 4.98 Å². The minimum absolute atomic E-state index is 0. The predicted molar refractivity (Wildman–Crippen MR) is 259 cm³/mol. The number of aromatic nitrogens is 1. The number of hydrogen-bond acceptors (Lipinski definition) is 3. The van der Waals surface area contributed by atoms with Gasteiger partial charge in [-0.05, 0) is 62.2 Å². The summed E-state index contributed by atoms with van der Waals surface area (Å²) in [4.78, 5) is 9.85. The van der Waals surface area contributed by atoms with Crippen LogP contribution in [-0.4, -0.2) is 24.0 Å². The first-order chi connectivity index (χ1) is 30.6. The first-order valence-electron chi connectivity index (χ1n) is 22.4. The molecule has 0 saturated heterocycles. The van der Waals surface area contributed by atoms with E-state index in [1.54, 1.807) is 12.1 Å². The van der Waals surface area contributed by atoms with Gasteiger partial charge in [-0.1, -0.05) is 141 Å². The van der Waals surface area contributed by atoms with Gasteiger partial charge in [-0.15, -0.1) is 18.2 Å². The normalized spacial score (nSPS) is 14.5. The van der Waals surface area contributed by atoms with Crippen molar-refractivity contribution in [2.45, 2.75) is 56.2 Å². The average Bonchev–Trinajstić information content (AvgIpc) is 3.87. The molecule has 5 heteroatoms. The van der Waals surface area contributed by atoms with Crippen molar-refractivity contribution >= 4 is 51.0 Å². The molecule has 0 bridgehead atoms. The van der Waals surface area contributed by atoms with Gasteiger partial charge < -0.3 is 4.42 Å². The van der Waals surface area contributed by atoms with Gasteiger partial charge in [0.05, 0.1) is 11.3 Å². The van der Waals surface area contributed by atoms with Gasteiger partial charge >= 0.3 is 110 Å². The number of para-hydroxylation sites is 2. The molecule has 1 unspecified atom stereocenters. The average molecular weight is 1050 g/mol. The Kier molecular flexibility index (Phi) is 11.1. The quantitative estimate of drug-likeness (QED) is 0.123. The molecule has 0 saturated carbocycles. The minimum atomic E-state index is -2.08. The number of hydrogen-bond donors (Lipinski definition) is 0. The van der Waals surface area contributed by atoms with Gasteiger partial charge in [0.2, 0.25) is 0 Å². The molecule has 7 aromatic carbocycles. The second-order valence-electron chi connectivity index (χ2n) is 17.8. The van der Waals surface area contributed by atoms with E-state index < -0.39 is 20.1 Å². The third kappa shape index (κ3) is 8.57. The van der Waals surface area contributed by atoms with Gasteiger partial charge in [-0.25, -0.2) is 0 Å². The van der Waals surface area contributed by atoms with Crippen LogP contribution in [0.3, 0.4) is 0 Å². The molecule has 1 radical (unpaired) electrons. The van der Waals surface area contributed by atoms with Crippen LogP contribution in [-0.2, 0) is 25.5 Å². The third-order valence-corrected chi connectivity index (χ3v) is 15.8. The fourth-order valence-electron chi connectivity index (χ4n) is 8.24. The SMILES string of the molecule is CC(C)(C)c1cc(-c2ccccc2)c(C2C(c3[c-]ccc4c3oc3ccccc34)=Nc3ccccc32)c(-c2ccccc2)c1.[2H]C([2H])([2H])c1c[c-]c(-c2cc[c]([Ge]([CH3])([CH3])[CH3])cn2)cc1.[Ir]. The Morgan fingerprint density at radius 2 is 1.35 bits per heavy atom. The van der Waals surface area contributed by atoms with Crippen LogP contribution < -0.4 is 4.40 Å². The Hall–Kier alpha value is -5.65. The van der Waals surface area contributed by atoms with Crippen molar-refractivity contribution in [3.8, 4) is 33.5 Å². The Bertz CT molecular complexity index is 3030. The summed E-state index contributed by atoms with van der Waals surface area (Å²) in [7, 11) is 0. The zero-order valence-corrected chi connectivity index (χ0v) is 40.4. The molecule has 1 aliphatic heterocycles. The second kappa shape index (κ2) is 17.6. The summed E-state index contributed by atoms with van der Waals surface area (Å²) in [6.45, 7) is 4.80. The Labute approximate surface area is 386 Å². The zero-order chi connectivity index (χ0) is 44.8. The fraction of sp³-hybridized carbons (Fsp3) is 0.158. The predicted octanol–water partition coefficient (Wildman–Crippen LogP) is 14.7. The molecule has 0 aliphatic carbocycles. The van der Waals surface area contributed by atoms with Crippen LogP contribution in [0, 0.1) is 19.0 Å². The summed E-state index contributed by atoms with van der Waals surface area (Å²) >= 11 is -1.83. The molecule has 9 aromatic rings. The van der Waals surface area contributed by atoms with Gasteiger partial charge in [-0.3, -0.25) is 4.99 Å². The molecular weight excluding hydrogens is 993 g/mol. The topological polar surface area (TPSA) is 38.4 Å². The maximum atomic E-state index is 7.35. The van der Waals surface area contributed by atoms with Crippen LogP contribution in [0.25, 0.3) is 55.4 Å². The van der Waals surface area contributed by atoms with Crippen molar-refractivity contribution in [1.29, 1.82) is 0 Å². The first kappa shape index (κ1) is 39.2. The van der Waals surface area contributed by atoms with Gasteiger partial charge in [0, 0.05) is 31.4 Å². The van der Waals surface area contributed by atoms with E-state index in [2.05, 4.69) is 176 Å². The number of rotatable bonds is 6. The van der Waals surface area contributed by atoms with E-state index in [9.17, 15) is 0 Å². The minimum Gasteiger partial charge on any atom is 0 e. The monoisotopic (exact) mass is 1050 g/mol. The molecule has 2 aromatic heterocycles. The van der Waals surface area contributed by atoms with E-state index in [1.165, 1.54) is 49.4 Å². The molecule has 0 amide bonds. The zero-order valence-electron chi connectivity index (χ0n) is 38.9. The van der Waals surface area contributed by atoms with Crippen molar-refractivity contribution in [2.75, 3.05) is 0 Å².